The highest BCUT2D eigenvalue weighted by Gasteiger charge is 2.20. The van der Waals surface area contributed by atoms with Gasteiger partial charge in [-0.25, -0.2) is 0 Å². The van der Waals surface area contributed by atoms with Crippen LogP contribution in [0.2, 0.25) is 0 Å². The standard InChI is InChI=1S/C16H16N2O3/c1-11-6-4-5-7-14(11)17(3)15-9-8-13(12(2)19)10-16(15)18(20)21/h4-10H,1-3H3. The van der Waals surface area contributed by atoms with Crippen molar-refractivity contribution in [2.24, 2.45) is 0 Å². The lowest BCUT2D eigenvalue weighted by atomic mass is 10.1. The molecule has 0 aliphatic carbocycles. The average Bonchev–Trinajstić information content (AvgIpc) is 2.46. The van der Waals surface area contributed by atoms with E-state index in [1.807, 2.05) is 31.2 Å². The fourth-order valence-electron chi connectivity index (χ4n) is 2.24. The minimum Gasteiger partial charge on any atom is -0.339 e. The molecule has 0 unspecified atom stereocenters. The van der Waals surface area contributed by atoms with E-state index in [0.717, 1.165) is 11.3 Å². The van der Waals surface area contributed by atoms with Crippen molar-refractivity contribution in [3.63, 3.8) is 0 Å². The van der Waals surface area contributed by atoms with Gasteiger partial charge in [-0.2, -0.15) is 0 Å². The largest absolute Gasteiger partial charge is 0.339 e. The number of hydrogen-bond donors (Lipinski definition) is 0. The summed E-state index contributed by atoms with van der Waals surface area (Å²) in [6.07, 6.45) is 0. The maximum absolute atomic E-state index is 11.4. The number of carbonyl (C=O) groups excluding carboxylic acids is 1. The number of Topliss-reactive ketones (excluding diaryl/α,β-unsaturated/α-hetero) is 1. The molecule has 0 heterocycles. The Bertz CT molecular complexity index is 710. The normalized spacial score (nSPS) is 10.2. The van der Waals surface area contributed by atoms with Gasteiger partial charge in [0.25, 0.3) is 5.69 Å². The maximum atomic E-state index is 11.4. The van der Waals surface area contributed by atoms with E-state index >= 15 is 0 Å². The van der Waals surface area contributed by atoms with Gasteiger partial charge in [-0.15, -0.1) is 0 Å². The van der Waals surface area contributed by atoms with Gasteiger partial charge in [0.1, 0.15) is 5.69 Å². The lowest BCUT2D eigenvalue weighted by molar-refractivity contribution is -0.384. The predicted molar refractivity (Wildman–Crippen MR) is 82.3 cm³/mol. The van der Waals surface area contributed by atoms with E-state index in [-0.39, 0.29) is 11.5 Å². The van der Waals surface area contributed by atoms with Crippen LogP contribution in [0.25, 0.3) is 0 Å². The van der Waals surface area contributed by atoms with Gasteiger partial charge < -0.3 is 4.90 Å². The third-order valence-electron chi connectivity index (χ3n) is 3.42. The molecular formula is C16H16N2O3. The number of nitro groups is 1. The van der Waals surface area contributed by atoms with Crippen molar-refractivity contribution < 1.29 is 9.72 Å². The first-order valence-corrected chi connectivity index (χ1v) is 6.50. The molecule has 0 saturated carbocycles. The van der Waals surface area contributed by atoms with Crippen molar-refractivity contribution in [1.82, 2.24) is 0 Å². The van der Waals surface area contributed by atoms with Crippen molar-refractivity contribution >= 4 is 22.8 Å². The zero-order chi connectivity index (χ0) is 15.6. The molecule has 2 aromatic rings. The number of benzene rings is 2. The van der Waals surface area contributed by atoms with Gasteiger partial charge >= 0.3 is 0 Å². The number of nitrogens with zero attached hydrogens (tertiary/aromatic N) is 2. The Kier molecular flexibility index (Phi) is 4.03. The average molecular weight is 284 g/mol. The summed E-state index contributed by atoms with van der Waals surface area (Å²) in [4.78, 5) is 24.0. The molecule has 0 aromatic heterocycles. The summed E-state index contributed by atoms with van der Waals surface area (Å²) in [7, 11) is 1.78. The molecule has 0 bridgehead atoms. The van der Waals surface area contributed by atoms with Crippen LogP contribution in [-0.2, 0) is 0 Å². The van der Waals surface area contributed by atoms with E-state index < -0.39 is 4.92 Å². The van der Waals surface area contributed by atoms with Gasteiger partial charge in [0.2, 0.25) is 0 Å². The van der Waals surface area contributed by atoms with Crippen molar-refractivity contribution in [3.05, 3.63) is 63.7 Å². The highest BCUT2D eigenvalue weighted by Crippen LogP contribution is 2.34. The first-order valence-electron chi connectivity index (χ1n) is 6.50. The molecule has 0 spiro atoms. The molecule has 0 aliphatic heterocycles. The molecule has 0 fully saturated rings. The van der Waals surface area contributed by atoms with Crippen LogP contribution in [0.3, 0.4) is 0 Å². The summed E-state index contributed by atoms with van der Waals surface area (Å²) in [6.45, 7) is 3.34. The Morgan fingerprint density at radius 2 is 1.81 bits per heavy atom. The molecule has 2 rings (SSSR count). The van der Waals surface area contributed by atoms with E-state index in [1.54, 1.807) is 24.1 Å². The first-order chi connectivity index (χ1) is 9.91. The van der Waals surface area contributed by atoms with Crippen molar-refractivity contribution in [3.8, 4) is 0 Å². The topological polar surface area (TPSA) is 63.5 Å². The zero-order valence-electron chi connectivity index (χ0n) is 12.2. The van der Waals surface area contributed by atoms with E-state index in [1.165, 1.54) is 13.0 Å². The molecule has 5 nitrogen and oxygen atoms in total. The van der Waals surface area contributed by atoms with E-state index in [4.69, 9.17) is 0 Å². The Labute approximate surface area is 123 Å². The van der Waals surface area contributed by atoms with Gasteiger partial charge in [-0.3, -0.25) is 14.9 Å². The number of nitro benzene ring substituents is 1. The summed E-state index contributed by atoms with van der Waals surface area (Å²) in [5.74, 6) is -0.191. The summed E-state index contributed by atoms with van der Waals surface area (Å²) >= 11 is 0. The molecule has 0 radical (unpaired) electrons. The molecule has 2 aromatic carbocycles. The molecule has 0 N–H and O–H groups in total. The van der Waals surface area contributed by atoms with Gasteiger partial charge in [-0.1, -0.05) is 18.2 Å². The molecule has 0 aliphatic rings. The second-order valence-corrected chi connectivity index (χ2v) is 4.86. The summed E-state index contributed by atoms with van der Waals surface area (Å²) in [6, 6.07) is 12.2. The second-order valence-electron chi connectivity index (χ2n) is 4.86. The Morgan fingerprint density at radius 3 is 2.38 bits per heavy atom. The molecule has 21 heavy (non-hydrogen) atoms. The SMILES string of the molecule is CC(=O)c1ccc(N(C)c2ccccc2C)c([N+](=O)[O-])c1. The van der Waals surface area contributed by atoms with Gasteiger partial charge in [0.05, 0.1) is 4.92 Å². The monoisotopic (exact) mass is 284 g/mol. The third-order valence-corrected chi connectivity index (χ3v) is 3.42. The van der Waals surface area contributed by atoms with Crippen LogP contribution in [0.4, 0.5) is 17.1 Å². The molecule has 0 atom stereocenters. The van der Waals surface area contributed by atoms with Crippen molar-refractivity contribution in [2.45, 2.75) is 13.8 Å². The number of anilines is 2. The molecule has 0 amide bonds. The summed E-state index contributed by atoms with van der Waals surface area (Å²) in [5, 5.41) is 11.3. The summed E-state index contributed by atoms with van der Waals surface area (Å²) in [5.41, 5.74) is 2.62. The Balaban J connectivity index is 2.55. The number of aryl methyl sites for hydroxylation is 1. The minimum absolute atomic E-state index is 0.0755. The zero-order valence-corrected chi connectivity index (χ0v) is 12.2. The van der Waals surface area contributed by atoms with Crippen LogP contribution < -0.4 is 4.90 Å². The maximum Gasteiger partial charge on any atom is 0.293 e. The van der Waals surface area contributed by atoms with Crippen LogP contribution in [0.1, 0.15) is 22.8 Å². The van der Waals surface area contributed by atoms with Crippen molar-refractivity contribution in [2.75, 3.05) is 11.9 Å². The quantitative estimate of drug-likeness (QED) is 0.485. The third kappa shape index (κ3) is 2.91. The Hall–Kier alpha value is -2.69. The van der Waals surface area contributed by atoms with Gasteiger partial charge in [0.15, 0.2) is 5.78 Å². The highest BCUT2D eigenvalue weighted by atomic mass is 16.6. The van der Waals surface area contributed by atoms with Crippen LogP contribution in [0.5, 0.6) is 0 Å². The van der Waals surface area contributed by atoms with Crippen molar-refractivity contribution in [1.29, 1.82) is 0 Å². The minimum atomic E-state index is -0.462. The smallest absolute Gasteiger partial charge is 0.293 e. The number of carbonyl (C=O) groups is 1. The first kappa shape index (κ1) is 14.7. The van der Waals surface area contributed by atoms with Crippen LogP contribution in [0.15, 0.2) is 42.5 Å². The Morgan fingerprint density at radius 1 is 1.14 bits per heavy atom. The fraction of sp³-hybridized carbons (Fsp3) is 0.188. The van der Waals surface area contributed by atoms with E-state index in [2.05, 4.69) is 0 Å². The van der Waals surface area contributed by atoms with Gasteiger partial charge in [0, 0.05) is 24.4 Å². The van der Waals surface area contributed by atoms with Crippen LogP contribution >= 0.6 is 0 Å². The number of para-hydroxylation sites is 1. The molecular weight excluding hydrogens is 268 g/mol. The predicted octanol–water partition coefficient (Wildman–Crippen LogP) is 3.87. The van der Waals surface area contributed by atoms with E-state index in [0.29, 0.717) is 11.3 Å². The number of rotatable bonds is 4. The highest BCUT2D eigenvalue weighted by molar-refractivity contribution is 5.95. The molecule has 108 valence electrons. The van der Waals surface area contributed by atoms with Gasteiger partial charge in [-0.05, 0) is 37.6 Å². The lowest BCUT2D eigenvalue weighted by Crippen LogP contribution is -2.13. The summed E-state index contributed by atoms with van der Waals surface area (Å²) < 4.78 is 0. The number of hydrogen-bond acceptors (Lipinski definition) is 4. The molecule has 0 saturated heterocycles. The van der Waals surface area contributed by atoms with Crippen LogP contribution in [-0.4, -0.2) is 17.8 Å². The fourth-order valence-corrected chi connectivity index (χ4v) is 2.24. The van der Waals surface area contributed by atoms with Crippen LogP contribution in [0, 0.1) is 17.0 Å². The second kappa shape index (κ2) is 5.75. The number of ketones is 1. The molecule has 5 heteroatoms. The van der Waals surface area contributed by atoms with E-state index in [9.17, 15) is 14.9 Å². The lowest BCUT2D eigenvalue weighted by Gasteiger charge is -2.21.